The van der Waals surface area contributed by atoms with E-state index >= 15 is 0 Å². The van der Waals surface area contributed by atoms with Crippen LogP contribution < -0.4 is 10.6 Å². The van der Waals surface area contributed by atoms with E-state index in [1.165, 1.54) is 0 Å². The van der Waals surface area contributed by atoms with Gasteiger partial charge in [0, 0.05) is 28.1 Å². The van der Waals surface area contributed by atoms with E-state index in [2.05, 4.69) is 10.6 Å². The Morgan fingerprint density at radius 1 is 1.35 bits per heavy atom. The first-order valence-electron chi connectivity index (χ1n) is 6.70. The van der Waals surface area contributed by atoms with Gasteiger partial charge in [0.2, 0.25) is 5.91 Å². The summed E-state index contributed by atoms with van der Waals surface area (Å²) in [6, 6.07) is 5.05. The fourth-order valence-corrected chi connectivity index (χ4v) is 3.01. The number of hydrogen-bond acceptors (Lipinski definition) is 3. The average Bonchev–Trinajstić information content (AvgIpc) is 2.45. The number of aliphatic hydroxyl groups is 1. The standard InChI is InChI=1S/C14H18Cl2N2O2/c15-10-2-1-3-11(16)13(10)12(19)8-18-14(20)9-4-6-17-7-5-9/h1-3,9,12,17,19H,4-8H2,(H,18,20). The zero-order valence-corrected chi connectivity index (χ0v) is 12.5. The Balaban J connectivity index is 1.91. The first-order valence-corrected chi connectivity index (χ1v) is 7.45. The van der Waals surface area contributed by atoms with Crippen LogP contribution in [-0.4, -0.2) is 30.6 Å². The number of carbonyl (C=O) groups is 1. The fraction of sp³-hybridized carbons (Fsp3) is 0.500. The average molecular weight is 317 g/mol. The van der Waals surface area contributed by atoms with Gasteiger partial charge >= 0.3 is 0 Å². The summed E-state index contributed by atoms with van der Waals surface area (Å²) >= 11 is 12.0. The van der Waals surface area contributed by atoms with Gasteiger partial charge in [0.05, 0.1) is 6.10 Å². The summed E-state index contributed by atoms with van der Waals surface area (Å²) in [7, 11) is 0. The SMILES string of the molecule is O=C(NCC(O)c1c(Cl)cccc1Cl)C1CCNCC1. The highest BCUT2D eigenvalue weighted by Crippen LogP contribution is 2.29. The van der Waals surface area contributed by atoms with Crippen LogP contribution in [0.4, 0.5) is 0 Å². The third kappa shape index (κ3) is 3.85. The van der Waals surface area contributed by atoms with Crippen LogP contribution in [0.3, 0.4) is 0 Å². The molecule has 0 bridgehead atoms. The van der Waals surface area contributed by atoms with Crippen LogP contribution in [0.25, 0.3) is 0 Å². The summed E-state index contributed by atoms with van der Waals surface area (Å²) < 4.78 is 0. The first kappa shape index (κ1) is 15.6. The zero-order valence-electron chi connectivity index (χ0n) is 11.0. The van der Waals surface area contributed by atoms with Crippen molar-refractivity contribution in [1.29, 1.82) is 0 Å². The fourth-order valence-electron chi connectivity index (χ4n) is 2.36. The number of aliphatic hydroxyl groups excluding tert-OH is 1. The van der Waals surface area contributed by atoms with Crippen molar-refractivity contribution >= 4 is 29.1 Å². The number of piperidine rings is 1. The molecular formula is C14H18Cl2N2O2. The molecule has 0 aliphatic carbocycles. The summed E-state index contributed by atoms with van der Waals surface area (Å²) in [5.41, 5.74) is 0.460. The van der Waals surface area contributed by atoms with Crippen LogP contribution in [0.1, 0.15) is 24.5 Å². The highest BCUT2D eigenvalue weighted by atomic mass is 35.5. The van der Waals surface area contributed by atoms with Gasteiger partial charge in [-0.25, -0.2) is 0 Å². The summed E-state index contributed by atoms with van der Waals surface area (Å²) in [4.78, 5) is 12.0. The second-order valence-electron chi connectivity index (χ2n) is 4.92. The van der Waals surface area contributed by atoms with Gasteiger partial charge in [0.25, 0.3) is 0 Å². The molecule has 1 aromatic rings. The van der Waals surface area contributed by atoms with Gasteiger partial charge in [-0.1, -0.05) is 29.3 Å². The lowest BCUT2D eigenvalue weighted by Crippen LogP contribution is -2.39. The van der Waals surface area contributed by atoms with Crippen molar-refractivity contribution in [3.05, 3.63) is 33.8 Å². The maximum Gasteiger partial charge on any atom is 0.223 e. The van der Waals surface area contributed by atoms with Crippen molar-refractivity contribution in [3.8, 4) is 0 Å². The van der Waals surface area contributed by atoms with E-state index < -0.39 is 6.10 Å². The van der Waals surface area contributed by atoms with Crippen molar-refractivity contribution in [1.82, 2.24) is 10.6 Å². The minimum atomic E-state index is -0.901. The third-order valence-electron chi connectivity index (χ3n) is 3.51. The molecule has 0 aromatic heterocycles. The molecule has 1 amide bonds. The molecule has 3 N–H and O–H groups in total. The van der Waals surface area contributed by atoms with Crippen molar-refractivity contribution in [2.45, 2.75) is 18.9 Å². The van der Waals surface area contributed by atoms with Gasteiger partial charge in [-0.2, -0.15) is 0 Å². The number of benzene rings is 1. The molecule has 2 rings (SSSR count). The van der Waals surface area contributed by atoms with Gasteiger partial charge in [-0.15, -0.1) is 0 Å². The normalized spacial score (nSPS) is 17.8. The molecular weight excluding hydrogens is 299 g/mol. The molecule has 1 heterocycles. The Morgan fingerprint density at radius 2 is 1.95 bits per heavy atom. The Labute approximate surface area is 128 Å². The van der Waals surface area contributed by atoms with Gasteiger partial charge in [-0.3, -0.25) is 4.79 Å². The van der Waals surface area contributed by atoms with Crippen LogP contribution in [0.5, 0.6) is 0 Å². The molecule has 1 aliphatic heterocycles. The lowest BCUT2D eigenvalue weighted by Gasteiger charge is -2.23. The molecule has 1 saturated heterocycles. The Morgan fingerprint density at radius 3 is 2.55 bits per heavy atom. The first-order chi connectivity index (χ1) is 9.59. The molecule has 4 nitrogen and oxygen atoms in total. The predicted octanol–water partition coefficient (Wildman–Crippen LogP) is 2.14. The topological polar surface area (TPSA) is 61.4 Å². The minimum absolute atomic E-state index is 0.0187. The van der Waals surface area contributed by atoms with Crippen LogP contribution in [-0.2, 0) is 4.79 Å². The van der Waals surface area contributed by atoms with E-state index in [9.17, 15) is 9.90 Å². The monoisotopic (exact) mass is 316 g/mol. The maximum absolute atomic E-state index is 12.0. The van der Waals surface area contributed by atoms with Crippen LogP contribution in [0, 0.1) is 5.92 Å². The number of carbonyl (C=O) groups excluding carboxylic acids is 1. The number of amides is 1. The van der Waals surface area contributed by atoms with Crippen molar-refractivity contribution in [2.24, 2.45) is 5.92 Å². The molecule has 20 heavy (non-hydrogen) atoms. The summed E-state index contributed by atoms with van der Waals surface area (Å²) in [5, 5.41) is 16.9. The highest BCUT2D eigenvalue weighted by Gasteiger charge is 2.22. The number of hydrogen-bond donors (Lipinski definition) is 3. The van der Waals surface area contributed by atoms with E-state index in [0.717, 1.165) is 25.9 Å². The molecule has 1 fully saturated rings. The molecule has 1 aromatic carbocycles. The number of rotatable bonds is 4. The smallest absolute Gasteiger partial charge is 0.223 e. The van der Waals surface area contributed by atoms with Gasteiger partial charge in [0.1, 0.15) is 0 Å². The summed E-state index contributed by atoms with van der Waals surface area (Å²) in [5.74, 6) is -0.00102. The molecule has 1 unspecified atom stereocenters. The Kier molecular flexibility index (Phi) is 5.66. The van der Waals surface area contributed by atoms with Crippen molar-refractivity contribution in [3.63, 3.8) is 0 Å². The van der Waals surface area contributed by atoms with Gasteiger partial charge < -0.3 is 15.7 Å². The maximum atomic E-state index is 12.0. The van der Waals surface area contributed by atoms with Crippen LogP contribution in [0.2, 0.25) is 10.0 Å². The minimum Gasteiger partial charge on any atom is -0.386 e. The lowest BCUT2D eigenvalue weighted by molar-refractivity contribution is -0.126. The van der Waals surface area contributed by atoms with E-state index in [-0.39, 0.29) is 18.4 Å². The van der Waals surface area contributed by atoms with Gasteiger partial charge in [-0.05, 0) is 38.1 Å². The highest BCUT2D eigenvalue weighted by molar-refractivity contribution is 6.36. The molecule has 1 aliphatic rings. The third-order valence-corrected chi connectivity index (χ3v) is 4.17. The molecule has 0 saturated carbocycles. The Hall–Kier alpha value is -0.810. The number of nitrogens with one attached hydrogen (secondary N) is 2. The van der Waals surface area contributed by atoms with Crippen LogP contribution in [0.15, 0.2) is 18.2 Å². The zero-order chi connectivity index (χ0) is 14.5. The van der Waals surface area contributed by atoms with E-state index in [1.54, 1.807) is 18.2 Å². The summed E-state index contributed by atoms with van der Waals surface area (Å²) in [6.07, 6.45) is 0.755. The number of halogens is 2. The van der Waals surface area contributed by atoms with Crippen molar-refractivity contribution in [2.75, 3.05) is 19.6 Å². The quantitative estimate of drug-likeness (QED) is 0.797. The predicted molar refractivity (Wildman–Crippen MR) is 80.0 cm³/mol. The molecule has 1 atom stereocenters. The van der Waals surface area contributed by atoms with E-state index in [4.69, 9.17) is 23.2 Å². The second kappa shape index (κ2) is 7.27. The Bertz CT molecular complexity index is 456. The largest absolute Gasteiger partial charge is 0.386 e. The van der Waals surface area contributed by atoms with Crippen molar-refractivity contribution < 1.29 is 9.90 Å². The molecule has 0 radical (unpaired) electrons. The van der Waals surface area contributed by atoms with Gasteiger partial charge in [0.15, 0.2) is 0 Å². The molecule has 6 heteroatoms. The second-order valence-corrected chi connectivity index (χ2v) is 5.73. The molecule has 110 valence electrons. The summed E-state index contributed by atoms with van der Waals surface area (Å²) in [6.45, 7) is 1.83. The lowest BCUT2D eigenvalue weighted by atomic mass is 9.97. The molecule has 0 spiro atoms. The van der Waals surface area contributed by atoms with E-state index in [0.29, 0.717) is 15.6 Å². The van der Waals surface area contributed by atoms with Crippen LogP contribution >= 0.6 is 23.2 Å². The van der Waals surface area contributed by atoms with E-state index in [1.807, 2.05) is 0 Å².